The van der Waals surface area contributed by atoms with E-state index in [-0.39, 0.29) is 44.0 Å². The van der Waals surface area contributed by atoms with Crippen LogP contribution in [0.15, 0.2) is 41.8 Å². The summed E-state index contributed by atoms with van der Waals surface area (Å²) in [7, 11) is -3.84. The minimum atomic E-state index is -3.84. The number of hydrogen-bond acceptors (Lipinski definition) is 6. The van der Waals surface area contributed by atoms with Gasteiger partial charge < -0.3 is 9.47 Å². The van der Waals surface area contributed by atoms with Crippen LogP contribution in [0.2, 0.25) is 0 Å². The molecule has 0 atom stereocenters. The van der Waals surface area contributed by atoms with Crippen molar-refractivity contribution >= 4 is 22.0 Å². The minimum absolute atomic E-state index is 0.0218. The van der Waals surface area contributed by atoms with Crippen molar-refractivity contribution in [2.75, 3.05) is 26.3 Å². The number of carbonyl (C=O) groups is 2. The summed E-state index contributed by atoms with van der Waals surface area (Å²) in [6.07, 6.45) is 1.21. The Hall–Kier alpha value is -3.07. The van der Waals surface area contributed by atoms with Gasteiger partial charge in [0.1, 0.15) is 0 Å². The molecule has 0 aromatic heterocycles. The van der Waals surface area contributed by atoms with Crippen LogP contribution in [0.4, 0.5) is 0 Å². The van der Waals surface area contributed by atoms with Gasteiger partial charge in [-0.25, -0.2) is 8.42 Å². The second kappa shape index (κ2) is 13.5. The number of allylic oxidation sites excluding steroid dienone is 1. The lowest BCUT2D eigenvalue weighted by atomic mass is 9.81. The number of aryl methyl sites for hydroxylation is 1. The number of carbonyl (C=O) groups excluding carboxylic acids is 2. The predicted octanol–water partition coefficient (Wildman–Crippen LogP) is 3.09. The van der Waals surface area contributed by atoms with Crippen LogP contribution in [-0.2, 0) is 29.1 Å². The van der Waals surface area contributed by atoms with Crippen molar-refractivity contribution in [2.24, 2.45) is 5.41 Å². The molecule has 0 aliphatic carbocycles. The van der Waals surface area contributed by atoms with E-state index >= 15 is 0 Å². The van der Waals surface area contributed by atoms with E-state index in [4.69, 9.17) is 9.47 Å². The molecule has 0 N–H and O–H groups in total. The first-order valence-electron chi connectivity index (χ1n) is 10.6. The molecule has 0 radical (unpaired) electrons. The zero-order valence-corrected chi connectivity index (χ0v) is 20.5. The Kier molecular flexibility index (Phi) is 11.4. The topological polar surface area (TPSA) is 90.0 Å². The average Bonchev–Trinajstić information content (AvgIpc) is 2.78. The molecule has 0 spiro atoms. The Morgan fingerprint density at radius 1 is 1.03 bits per heavy atom. The number of nitrogens with zero attached hydrogens (tertiary/aromatic N) is 1. The number of benzene rings is 1. The van der Waals surface area contributed by atoms with Gasteiger partial charge in [0.25, 0.3) is 0 Å². The number of ether oxygens (including phenoxy) is 2. The van der Waals surface area contributed by atoms with E-state index in [1.807, 2.05) is 6.92 Å². The molecule has 0 amide bonds. The van der Waals surface area contributed by atoms with E-state index in [1.54, 1.807) is 32.9 Å². The lowest BCUT2D eigenvalue weighted by Gasteiger charge is -2.26. The summed E-state index contributed by atoms with van der Waals surface area (Å²) in [5.74, 6) is 9.47. The first kappa shape index (κ1) is 28.0. The Morgan fingerprint density at radius 2 is 1.58 bits per heavy atom. The van der Waals surface area contributed by atoms with E-state index < -0.39 is 27.4 Å². The third-order valence-corrected chi connectivity index (χ3v) is 6.49. The van der Waals surface area contributed by atoms with E-state index in [0.29, 0.717) is 0 Å². The molecular weight excluding hydrogens is 442 g/mol. The van der Waals surface area contributed by atoms with Gasteiger partial charge in [0.2, 0.25) is 10.0 Å². The van der Waals surface area contributed by atoms with Gasteiger partial charge in [-0.15, -0.1) is 18.4 Å². The Labute approximate surface area is 197 Å². The van der Waals surface area contributed by atoms with Crippen molar-refractivity contribution in [1.29, 1.82) is 0 Å². The van der Waals surface area contributed by atoms with Gasteiger partial charge in [-0.1, -0.05) is 35.6 Å². The van der Waals surface area contributed by atoms with Crippen molar-refractivity contribution < 1.29 is 27.5 Å². The maximum atomic E-state index is 13.1. The molecule has 1 rings (SSSR count). The molecular formula is C25H31NO6S. The normalized spacial score (nSPS) is 10.9. The largest absolute Gasteiger partial charge is 0.465 e. The van der Waals surface area contributed by atoms with Crippen LogP contribution in [0.5, 0.6) is 0 Å². The summed E-state index contributed by atoms with van der Waals surface area (Å²) in [6.45, 7) is 10.3. The highest BCUT2D eigenvalue weighted by Crippen LogP contribution is 2.31. The van der Waals surface area contributed by atoms with Crippen LogP contribution in [0.1, 0.15) is 39.2 Å². The van der Waals surface area contributed by atoms with E-state index in [9.17, 15) is 18.0 Å². The fourth-order valence-electron chi connectivity index (χ4n) is 2.86. The number of rotatable bonds is 11. The summed E-state index contributed by atoms with van der Waals surface area (Å²) >= 11 is 0. The molecule has 0 bridgehead atoms. The summed E-state index contributed by atoms with van der Waals surface area (Å²) in [5.41, 5.74) is -0.727. The van der Waals surface area contributed by atoms with Crippen molar-refractivity contribution in [2.45, 2.75) is 45.4 Å². The standard InChI is InChI=1S/C25H31NO6S/c1-6-10-19-26(33(29,30)22-15-13-21(5)14-16-22)20-12-11-18-25(17-7-2,23(27)31-8-3)24(28)32-9-4/h7,13-16H,2,8-9,17-20H2,1,3-5H3. The number of esters is 2. The Balaban J connectivity index is 3.23. The van der Waals surface area contributed by atoms with Crippen molar-refractivity contribution in [3.63, 3.8) is 0 Å². The van der Waals surface area contributed by atoms with Gasteiger partial charge in [-0.2, -0.15) is 4.31 Å². The van der Waals surface area contributed by atoms with Gasteiger partial charge >= 0.3 is 11.9 Å². The molecule has 0 unspecified atom stereocenters. The second-order valence-corrected chi connectivity index (χ2v) is 9.00. The van der Waals surface area contributed by atoms with E-state index in [2.05, 4.69) is 30.3 Å². The van der Waals surface area contributed by atoms with Crippen molar-refractivity contribution in [3.8, 4) is 23.7 Å². The fourth-order valence-corrected chi connectivity index (χ4v) is 4.11. The second-order valence-electron chi connectivity index (χ2n) is 7.06. The molecule has 1 aromatic carbocycles. The third-order valence-electron chi connectivity index (χ3n) is 4.69. The maximum absolute atomic E-state index is 13.1. The van der Waals surface area contributed by atoms with Crippen LogP contribution in [0.3, 0.4) is 0 Å². The number of hydrogen-bond donors (Lipinski definition) is 0. The van der Waals surface area contributed by atoms with Gasteiger partial charge in [-0.3, -0.25) is 9.59 Å². The highest BCUT2D eigenvalue weighted by atomic mass is 32.2. The summed E-state index contributed by atoms with van der Waals surface area (Å²) < 4.78 is 37.5. The first-order valence-corrected chi connectivity index (χ1v) is 12.0. The molecule has 0 aliphatic heterocycles. The Bertz CT molecular complexity index is 1030. The lowest BCUT2D eigenvalue weighted by molar-refractivity contribution is -0.171. The van der Waals surface area contributed by atoms with Gasteiger partial charge in [0, 0.05) is 6.42 Å². The predicted molar refractivity (Wildman–Crippen MR) is 126 cm³/mol. The summed E-state index contributed by atoms with van der Waals surface area (Å²) in [5, 5.41) is 0. The van der Waals surface area contributed by atoms with Crippen LogP contribution in [-0.4, -0.2) is 51.0 Å². The molecule has 0 saturated carbocycles. The smallest absolute Gasteiger partial charge is 0.324 e. The fraction of sp³-hybridized carbons (Fsp3) is 0.440. The zero-order valence-electron chi connectivity index (χ0n) is 19.6. The first-order chi connectivity index (χ1) is 15.7. The molecule has 178 valence electrons. The molecule has 7 nitrogen and oxygen atoms in total. The van der Waals surface area contributed by atoms with E-state index in [0.717, 1.165) is 9.87 Å². The zero-order chi connectivity index (χ0) is 24.9. The molecule has 0 fully saturated rings. The lowest BCUT2D eigenvalue weighted by Crippen LogP contribution is -2.41. The maximum Gasteiger partial charge on any atom is 0.324 e. The van der Waals surface area contributed by atoms with Crippen LogP contribution in [0, 0.1) is 36.0 Å². The van der Waals surface area contributed by atoms with Crippen LogP contribution in [0.25, 0.3) is 0 Å². The molecule has 0 heterocycles. The molecule has 33 heavy (non-hydrogen) atoms. The molecule has 0 aliphatic rings. The van der Waals surface area contributed by atoms with Crippen LogP contribution < -0.4 is 0 Å². The highest BCUT2D eigenvalue weighted by Gasteiger charge is 2.47. The van der Waals surface area contributed by atoms with Crippen molar-refractivity contribution in [3.05, 3.63) is 42.5 Å². The molecule has 1 aromatic rings. The van der Waals surface area contributed by atoms with Gasteiger partial charge in [0.05, 0.1) is 31.2 Å². The van der Waals surface area contributed by atoms with Gasteiger partial charge in [0.15, 0.2) is 5.41 Å². The summed E-state index contributed by atoms with van der Waals surface area (Å²) in [4.78, 5) is 25.4. The quantitative estimate of drug-likeness (QED) is 0.212. The number of sulfonamides is 1. The average molecular weight is 474 g/mol. The Morgan fingerprint density at radius 3 is 2.06 bits per heavy atom. The summed E-state index contributed by atoms with van der Waals surface area (Å²) in [6, 6.07) is 6.48. The third kappa shape index (κ3) is 7.49. The molecule has 8 heteroatoms. The van der Waals surface area contributed by atoms with Crippen molar-refractivity contribution in [1.82, 2.24) is 4.31 Å². The monoisotopic (exact) mass is 473 g/mol. The van der Waals surface area contributed by atoms with Crippen LogP contribution >= 0.6 is 0 Å². The van der Waals surface area contributed by atoms with E-state index in [1.165, 1.54) is 18.2 Å². The molecule has 0 saturated heterocycles. The minimum Gasteiger partial charge on any atom is -0.465 e. The SMILES string of the molecule is C=CCC(CC#CCN(CC#CC)S(=O)(=O)c1ccc(C)cc1)(C(=O)OCC)C(=O)OCC. The van der Waals surface area contributed by atoms with Gasteiger partial charge in [-0.05, 0) is 46.2 Å². The highest BCUT2D eigenvalue weighted by molar-refractivity contribution is 7.89.